The van der Waals surface area contributed by atoms with Crippen LogP contribution in [0.25, 0.3) is 0 Å². The van der Waals surface area contributed by atoms with Crippen molar-refractivity contribution < 1.29 is 14.7 Å². The number of rotatable bonds is 5. The molecule has 1 aliphatic rings. The number of urea groups is 1. The molecule has 15 heavy (non-hydrogen) atoms. The summed E-state index contributed by atoms with van der Waals surface area (Å²) >= 11 is 0. The lowest BCUT2D eigenvalue weighted by Crippen LogP contribution is -2.42. The zero-order valence-corrected chi connectivity index (χ0v) is 9.16. The maximum Gasteiger partial charge on any atom is 0.338 e. The number of nitrogens with one attached hydrogen (secondary N) is 2. The first-order chi connectivity index (χ1) is 7.22. The SMILES string of the molecule is C[C@H](CCO)NC(=O)NOC1CCCC1. The van der Waals surface area contributed by atoms with Crippen molar-refractivity contribution in [1.82, 2.24) is 10.8 Å². The lowest BCUT2D eigenvalue weighted by molar-refractivity contribution is -0.000430. The molecule has 0 bridgehead atoms. The van der Waals surface area contributed by atoms with E-state index in [0.29, 0.717) is 6.42 Å². The van der Waals surface area contributed by atoms with E-state index < -0.39 is 0 Å². The Hall–Kier alpha value is -0.810. The number of aliphatic hydroxyl groups excluding tert-OH is 1. The molecule has 1 fully saturated rings. The monoisotopic (exact) mass is 216 g/mol. The molecule has 1 rings (SSSR count). The van der Waals surface area contributed by atoms with Crippen molar-refractivity contribution in [3.05, 3.63) is 0 Å². The van der Waals surface area contributed by atoms with E-state index in [-0.39, 0.29) is 24.8 Å². The van der Waals surface area contributed by atoms with Crippen LogP contribution < -0.4 is 10.8 Å². The predicted molar refractivity (Wildman–Crippen MR) is 56.2 cm³/mol. The highest BCUT2D eigenvalue weighted by Gasteiger charge is 2.17. The minimum Gasteiger partial charge on any atom is -0.396 e. The van der Waals surface area contributed by atoms with Gasteiger partial charge in [-0.15, -0.1) is 0 Å². The highest BCUT2D eigenvalue weighted by atomic mass is 16.7. The fraction of sp³-hybridized carbons (Fsp3) is 0.900. The first kappa shape index (κ1) is 12.3. The highest BCUT2D eigenvalue weighted by molar-refractivity contribution is 5.72. The zero-order chi connectivity index (χ0) is 11.1. The first-order valence-corrected chi connectivity index (χ1v) is 5.55. The van der Waals surface area contributed by atoms with Gasteiger partial charge < -0.3 is 10.4 Å². The molecule has 0 unspecified atom stereocenters. The molecule has 3 N–H and O–H groups in total. The summed E-state index contributed by atoms with van der Waals surface area (Å²) in [6, 6.07) is -0.370. The quantitative estimate of drug-likeness (QED) is 0.599. The summed E-state index contributed by atoms with van der Waals surface area (Å²) in [5.41, 5.74) is 2.38. The Kier molecular flexibility index (Phi) is 5.42. The average Bonchev–Trinajstić information content (AvgIpc) is 2.67. The van der Waals surface area contributed by atoms with Crippen LogP contribution in [0.3, 0.4) is 0 Å². The van der Waals surface area contributed by atoms with Gasteiger partial charge in [0, 0.05) is 12.6 Å². The summed E-state index contributed by atoms with van der Waals surface area (Å²) in [6.07, 6.45) is 5.11. The minimum absolute atomic E-state index is 0.0396. The summed E-state index contributed by atoms with van der Waals surface area (Å²) in [5.74, 6) is 0. The Balaban J connectivity index is 2.07. The number of carbonyl (C=O) groups excluding carboxylic acids is 1. The minimum atomic E-state index is -0.331. The van der Waals surface area contributed by atoms with Gasteiger partial charge in [-0.3, -0.25) is 4.84 Å². The Morgan fingerprint density at radius 3 is 2.80 bits per heavy atom. The lowest BCUT2D eigenvalue weighted by atomic mass is 10.2. The molecule has 88 valence electrons. The van der Waals surface area contributed by atoms with Crippen LogP contribution >= 0.6 is 0 Å². The summed E-state index contributed by atoms with van der Waals surface area (Å²) in [6.45, 7) is 1.91. The van der Waals surface area contributed by atoms with Gasteiger partial charge >= 0.3 is 6.03 Å². The Morgan fingerprint density at radius 2 is 2.20 bits per heavy atom. The van der Waals surface area contributed by atoms with Crippen molar-refractivity contribution in [2.75, 3.05) is 6.61 Å². The molecule has 1 saturated carbocycles. The van der Waals surface area contributed by atoms with E-state index in [4.69, 9.17) is 9.94 Å². The van der Waals surface area contributed by atoms with Gasteiger partial charge in [-0.05, 0) is 26.2 Å². The second-order valence-corrected chi connectivity index (χ2v) is 4.01. The predicted octanol–water partition coefficient (Wildman–Crippen LogP) is 0.931. The maximum absolute atomic E-state index is 11.3. The summed E-state index contributed by atoms with van der Waals surface area (Å²) in [5, 5.41) is 11.3. The molecular weight excluding hydrogens is 196 g/mol. The third kappa shape index (κ3) is 4.99. The van der Waals surface area contributed by atoms with Crippen LogP contribution in [0, 0.1) is 0 Å². The molecule has 0 heterocycles. The van der Waals surface area contributed by atoms with Crippen molar-refractivity contribution >= 4 is 6.03 Å². The number of hydrogen-bond donors (Lipinski definition) is 3. The maximum atomic E-state index is 11.3. The standard InChI is InChI=1S/C10H20N2O3/c1-8(6-7-13)11-10(14)12-15-9-4-2-3-5-9/h8-9,13H,2-7H2,1H3,(H2,11,12,14)/t8-/m1/s1. The van der Waals surface area contributed by atoms with E-state index in [9.17, 15) is 4.79 Å². The number of aliphatic hydroxyl groups is 1. The van der Waals surface area contributed by atoms with Crippen LogP contribution in [0.15, 0.2) is 0 Å². The molecule has 0 aromatic carbocycles. The molecule has 0 aromatic heterocycles. The van der Waals surface area contributed by atoms with Crippen LogP contribution in [0.4, 0.5) is 4.79 Å². The van der Waals surface area contributed by atoms with E-state index >= 15 is 0 Å². The molecule has 5 nitrogen and oxygen atoms in total. The van der Waals surface area contributed by atoms with Gasteiger partial charge in [-0.1, -0.05) is 12.8 Å². The fourth-order valence-corrected chi connectivity index (χ4v) is 1.66. The Morgan fingerprint density at radius 1 is 1.53 bits per heavy atom. The summed E-state index contributed by atoms with van der Waals surface area (Å²) in [7, 11) is 0. The van der Waals surface area contributed by atoms with Crippen LogP contribution in [-0.4, -0.2) is 29.9 Å². The third-order valence-corrected chi connectivity index (χ3v) is 2.56. The van der Waals surface area contributed by atoms with Crippen molar-refractivity contribution in [3.8, 4) is 0 Å². The molecule has 0 spiro atoms. The Bertz CT molecular complexity index is 193. The number of amides is 2. The largest absolute Gasteiger partial charge is 0.396 e. The van der Waals surface area contributed by atoms with Crippen LogP contribution in [0.1, 0.15) is 39.0 Å². The second-order valence-electron chi connectivity index (χ2n) is 4.01. The van der Waals surface area contributed by atoms with Crippen molar-refractivity contribution in [2.45, 2.75) is 51.2 Å². The zero-order valence-electron chi connectivity index (χ0n) is 9.16. The van der Waals surface area contributed by atoms with Crippen molar-refractivity contribution in [3.63, 3.8) is 0 Å². The van der Waals surface area contributed by atoms with Gasteiger partial charge in [-0.2, -0.15) is 0 Å². The van der Waals surface area contributed by atoms with Gasteiger partial charge in [0.15, 0.2) is 0 Å². The molecule has 0 aromatic rings. The topological polar surface area (TPSA) is 70.6 Å². The number of carbonyl (C=O) groups is 1. The third-order valence-electron chi connectivity index (χ3n) is 2.56. The van der Waals surface area contributed by atoms with Crippen molar-refractivity contribution in [2.24, 2.45) is 0 Å². The van der Waals surface area contributed by atoms with Gasteiger partial charge in [0.25, 0.3) is 0 Å². The number of hydroxylamine groups is 1. The first-order valence-electron chi connectivity index (χ1n) is 5.55. The number of hydrogen-bond acceptors (Lipinski definition) is 3. The van der Waals surface area contributed by atoms with E-state index in [1.807, 2.05) is 6.92 Å². The van der Waals surface area contributed by atoms with Crippen LogP contribution in [0.5, 0.6) is 0 Å². The lowest BCUT2D eigenvalue weighted by Gasteiger charge is -2.15. The fourth-order valence-electron chi connectivity index (χ4n) is 1.66. The van der Waals surface area contributed by atoms with Gasteiger partial charge in [0.1, 0.15) is 0 Å². The van der Waals surface area contributed by atoms with Gasteiger partial charge in [0.05, 0.1) is 6.10 Å². The normalized spacial score (nSPS) is 18.8. The molecule has 0 saturated heterocycles. The second kappa shape index (κ2) is 6.63. The molecule has 2 amide bonds. The summed E-state index contributed by atoms with van der Waals surface area (Å²) in [4.78, 5) is 16.5. The van der Waals surface area contributed by atoms with E-state index in [2.05, 4.69) is 10.8 Å². The smallest absolute Gasteiger partial charge is 0.338 e. The van der Waals surface area contributed by atoms with Crippen LogP contribution in [-0.2, 0) is 4.84 Å². The van der Waals surface area contributed by atoms with Crippen LogP contribution in [0.2, 0.25) is 0 Å². The Labute approximate surface area is 90.1 Å². The molecule has 0 radical (unpaired) electrons. The van der Waals surface area contributed by atoms with Gasteiger partial charge in [-0.25, -0.2) is 10.3 Å². The molecule has 0 aliphatic heterocycles. The summed E-state index contributed by atoms with van der Waals surface area (Å²) < 4.78 is 0. The molecule has 5 heteroatoms. The average molecular weight is 216 g/mol. The van der Waals surface area contributed by atoms with E-state index in [1.165, 1.54) is 12.8 Å². The van der Waals surface area contributed by atoms with E-state index in [0.717, 1.165) is 12.8 Å². The highest BCUT2D eigenvalue weighted by Crippen LogP contribution is 2.19. The molecule has 1 aliphatic carbocycles. The molecular formula is C10H20N2O3. The van der Waals surface area contributed by atoms with Crippen molar-refractivity contribution in [1.29, 1.82) is 0 Å². The van der Waals surface area contributed by atoms with E-state index in [1.54, 1.807) is 0 Å². The van der Waals surface area contributed by atoms with Gasteiger partial charge in [0.2, 0.25) is 0 Å². The molecule has 1 atom stereocenters.